The van der Waals surface area contributed by atoms with E-state index >= 15 is 0 Å². The highest BCUT2D eigenvalue weighted by Gasteiger charge is 2.19. The molecule has 1 aliphatic rings. The summed E-state index contributed by atoms with van der Waals surface area (Å²) in [6.45, 7) is 0. The molecular formula is C17H15NS. The topological polar surface area (TPSA) is 26.0 Å². The third-order valence-corrected chi connectivity index (χ3v) is 5.02. The third kappa shape index (κ3) is 1.71. The minimum Gasteiger partial charge on any atom is -0.324 e. The minimum atomic E-state index is 0.238. The zero-order chi connectivity index (χ0) is 12.8. The molecule has 0 fully saturated rings. The van der Waals surface area contributed by atoms with Crippen LogP contribution < -0.4 is 5.73 Å². The number of thiophene rings is 1. The van der Waals surface area contributed by atoms with Crippen molar-refractivity contribution in [2.24, 2.45) is 5.73 Å². The molecule has 0 radical (unpaired) electrons. The van der Waals surface area contributed by atoms with E-state index in [0.717, 1.165) is 12.8 Å². The Morgan fingerprint density at radius 2 is 2.05 bits per heavy atom. The van der Waals surface area contributed by atoms with Crippen LogP contribution >= 0.6 is 11.3 Å². The molecule has 1 aliphatic carbocycles. The Bertz CT molecular complexity index is 757. The van der Waals surface area contributed by atoms with E-state index in [2.05, 4.69) is 47.8 Å². The van der Waals surface area contributed by atoms with E-state index in [1.165, 1.54) is 32.3 Å². The molecule has 3 aromatic rings. The predicted octanol–water partition coefficient (Wildman–Crippen LogP) is 4.51. The Labute approximate surface area is 116 Å². The van der Waals surface area contributed by atoms with Gasteiger partial charge in [-0.25, -0.2) is 0 Å². The highest BCUT2D eigenvalue weighted by Crippen LogP contribution is 2.36. The van der Waals surface area contributed by atoms with Crippen molar-refractivity contribution in [1.29, 1.82) is 0 Å². The molecule has 2 aromatic carbocycles. The maximum Gasteiger partial charge on any atom is 0.0421 e. The van der Waals surface area contributed by atoms with Crippen LogP contribution in [0, 0.1) is 0 Å². The number of rotatable bonds is 1. The summed E-state index contributed by atoms with van der Waals surface area (Å²) in [5.41, 5.74) is 11.5. The Balaban J connectivity index is 1.91. The van der Waals surface area contributed by atoms with E-state index in [0.29, 0.717) is 0 Å². The molecule has 4 rings (SSSR count). The Morgan fingerprint density at radius 3 is 3.00 bits per heavy atom. The molecular weight excluding hydrogens is 250 g/mol. The molecule has 0 bridgehead atoms. The van der Waals surface area contributed by atoms with Crippen molar-refractivity contribution in [3.8, 4) is 11.1 Å². The van der Waals surface area contributed by atoms with Crippen molar-refractivity contribution in [2.75, 3.05) is 0 Å². The Hall–Kier alpha value is -1.64. The number of benzene rings is 2. The first kappa shape index (κ1) is 11.2. The van der Waals surface area contributed by atoms with Crippen LogP contribution in [-0.2, 0) is 6.42 Å². The summed E-state index contributed by atoms with van der Waals surface area (Å²) in [4.78, 5) is 0. The van der Waals surface area contributed by atoms with Crippen molar-refractivity contribution >= 4 is 21.4 Å². The van der Waals surface area contributed by atoms with Gasteiger partial charge in [-0.2, -0.15) is 0 Å². The molecule has 0 amide bonds. The Kier molecular flexibility index (Phi) is 2.47. The molecule has 1 unspecified atom stereocenters. The van der Waals surface area contributed by atoms with Gasteiger partial charge in [-0.3, -0.25) is 0 Å². The number of fused-ring (bicyclic) bond motifs is 2. The van der Waals surface area contributed by atoms with E-state index in [1.807, 2.05) is 11.3 Å². The van der Waals surface area contributed by atoms with Crippen LogP contribution in [0.1, 0.15) is 23.6 Å². The summed E-state index contributed by atoms with van der Waals surface area (Å²) < 4.78 is 1.38. The van der Waals surface area contributed by atoms with Gasteiger partial charge in [0.2, 0.25) is 0 Å². The lowest BCUT2D eigenvalue weighted by Crippen LogP contribution is -2.04. The van der Waals surface area contributed by atoms with E-state index in [1.54, 1.807) is 0 Å². The summed E-state index contributed by atoms with van der Waals surface area (Å²) in [6.07, 6.45) is 2.20. The first-order chi connectivity index (χ1) is 9.33. The zero-order valence-electron chi connectivity index (χ0n) is 10.6. The molecule has 1 heterocycles. The molecule has 19 heavy (non-hydrogen) atoms. The summed E-state index contributed by atoms with van der Waals surface area (Å²) in [7, 11) is 0. The van der Waals surface area contributed by atoms with E-state index in [-0.39, 0.29) is 6.04 Å². The monoisotopic (exact) mass is 265 g/mol. The number of hydrogen-bond acceptors (Lipinski definition) is 2. The molecule has 1 nitrogen and oxygen atoms in total. The van der Waals surface area contributed by atoms with Gasteiger partial charge in [0, 0.05) is 10.7 Å². The maximum atomic E-state index is 6.11. The Morgan fingerprint density at radius 1 is 1.11 bits per heavy atom. The third-order valence-electron chi connectivity index (χ3n) is 4.06. The summed E-state index contributed by atoms with van der Waals surface area (Å²) in [6, 6.07) is 15.7. The van der Waals surface area contributed by atoms with Gasteiger partial charge < -0.3 is 5.73 Å². The lowest BCUT2D eigenvalue weighted by atomic mass is 9.99. The molecule has 0 spiro atoms. The van der Waals surface area contributed by atoms with Gasteiger partial charge in [0.25, 0.3) is 0 Å². The summed E-state index contributed by atoms with van der Waals surface area (Å²) in [5, 5.41) is 3.50. The molecule has 0 aliphatic heterocycles. The van der Waals surface area contributed by atoms with E-state index in [9.17, 15) is 0 Å². The smallest absolute Gasteiger partial charge is 0.0421 e. The van der Waals surface area contributed by atoms with Crippen molar-refractivity contribution in [3.05, 3.63) is 59.0 Å². The van der Waals surface area contributed by atoms with Gasteiger partial charge in [0.05, 0.1) is 0 Å². The fraction of sp³-hybridized carbons (Fsp3) is 0.176. The first-order valence-electron chi connectivity index (χ1n) is 6.68. The van der Waals surface area contributed by atoms with Gasteiger partial charge in [-0.05, 0) is 51.9 Å². The van der Waals surface area contributed by atoms with Crippen molar-refractivity contribution in [3.63, 3.8) is 0 Å². The molecule has 94 valence electrons. The number of nitrogens with two attached hydrogens (primary N) is 1. The molecule has 2 N–H and O–H groups in total. The highest BCUT2D eigenvalue weighted by molar-refractivity contribution is 7.17. The lowest BCUT2D eigenvalue weighted by molar-refractivity contribution is 0.713. The average Bonchev–Trinajstić information content (AvgIpc) is 3.05. The van der Waals surface area contributed by atoms with Gasteiger partial charge in [0.1, 0.15) is 0 Å². The van der Waals surface area contributed by atoms with Crippen LogP contribution in [0.5, 0.6) is 0 Å². The standard InChI is InChI=1S/C17H15NS/c18-16-7-5-12-10-13(4-6-14(12)16)15-3-1-2-11-8-9-19-17(11)15/h1-4,6,8-10,16H,5,7,18H2. The quantitative estimate of drug-likeness (QED) is 0.688. The van der Waals surface area contributed by atoms with Crippen LogP contribution in [0.2, 0.25) is 0 Å². The van der Waals surface area contributed by atoms with Crippen LogP contribution in [0.4, 0.5) is 0 Å². The SMILES string of the molecule is NC1CCc2cc(-c3cccc4ccsc34)ccc21. The van der Waals surface area contributed by atoms with Crippen LogP contribution in [0.3, 0.4) is 0 Å². The number of aryl methyl sites for hydroxylation is 1. The molecule has 0 saturated heterocycles. The average molecular weight is 265 g/mol. The second-order valence-electron chi connectivity index (χ2n) is 5.20. The number of hydrogen-bond donors (Lipinski definition) is 1. The van der Waals surface area contributed by atoms with Gasteiger partial charge in [-0.15, -0.1) is 11.3 Å². The van der Waals surface area contributed by atoms with Crippen molar-refractivity contribution in [1.82, 2.24) is 0 Å². The lowest BCUT2D eigenvalue weighted by Gasteiger charge is -2.08. The van der Waals surface area contributed by atoms with Crippen LogP contribution in [-0.4, -0.2) is 0 Å². The van der Waals surface area contributed by atoms with E-state index in [4.69, 9.17) is 5.73 Å². The first-order valence-corrected chi connectivity index (χ1v) is 7.56. The van der Waals surface area contributed by atoms with Gasteiger partial charge >= 0.3 is 0 Å². The maximum absolute atomic E-state index is 6.11. The fourth-order valence-electron chi connectivity index (χ4n) is 3.04. The predicted molar refractivity (Wildman–Crippen MR) is 82.5 cm³/mol. The fourth-order valence-corrected chi connectivity index (χ4v) is 3.97. The molecule has 1 aromatic heterocycles. The van der Waals surface area contributed by atoms with Crippen molar-refractivity contribution in [2.45, 2.75) is 18.9 Å². The van der Waals surface area contributed by atoms with Gasteiger partial charge in [-0.1, -0.05) is 36.4 Å². The molecule has 0 saturated carbocycles. The second kappa shape index (κ2) is 4.19. The minimum absolute atomic E-state index is 0.238. The highest BCUT2D eigenvalue weighted by atomic mass is 32.1. The van der Waals surface area contributed by atoms with Crippen LogP contribution in [0.25, 0.3) is 21.2 Å². The zero-order valence-corrected chi connectivity index (χ0v) is 11.4. The second-order valence-corrected chi connectivity index (χ2v) is 6.12. The molecule has 2 heteroatoms. The largest absolute Gasteiger partial charge is 0.324 e. The normalized spacial score (nSPS) is 17.8. The summed E-state index contributed by atoms with van der Waals surface area (Å²) in [5.74, 6) is 0. The van der Waals surface area contributed by atoms with E-state index < -0.39 is 0 Å². The van der Waals surface area contributed by atoms with Crippen LogP contribution in [0.15, 0.2) is 47.8 Å². The van der Waals surface area contributed by atoms with Crippen molar-refractivity contribution < 1.29 is 0 Å². The van der Waals surface area contributed by atoms with Gasteiger partial charge in [0.15, 0.2) is 0 Å². The molecule has 1 atom stereocenters. The summed E-state index contributed by atoms with van der Waals surface area (Å²) >= 11 is 1.82.